The van der Waals surface area contributed by atoms with Gasteiger partial charge in [0.15, 0.2) is 0 Å². The predicted octanol–water partition coefficient (Wildman–Crippen LogP) is 1.22. The number of aliphatic hydroxyl groups is 2. The van der Waals surface area contributed by atoms with Gasteiger partial charge in [-0.25, -0.2) is 0 Å². The average Bonchev–Trinajstić information content (AvgIpc) is 2.27. The van der Waals surface area contributed by atoms with Gasteiger partial charge in [0.2, 0.25) is 0 Å². The van der Waals surface area contributed by atoms with E-state index in [9.17, 15) is 15.0 Å². The molecule has 2 unspecified atom stereocenters. The number of hydrogen-bond acceptors (Lipinski definition) is 4. The molecular weight excluding hydrogens is 248 g/mol. The fourth-order valence-electron chi connectivity index (χ4n) is 1.38. The lowest BCUT2D eigenvalue weighted by Crippen LogP contribution is -2.21. The van der Waals surface area contributed by atoms with E-state index in [1.165, 1.54) is 25.3 Å². The largest absolute Gasteiger partial charge is 0.495 e. The highest BCUT2D eigenvalue weighted by Crippen LogP contribution is 2.29. The van der Waals surface area contributed by atoms with Gasteiger partial charge in [0.25, 0.3) is 0 Å². The Kier molecular flexibility index (Phi) is 4.74. The van der Waals surface area contributed by atoms with Gasteiger partial charge in [-0.2, -0.15) is 0 Å². The monoisotopic (exact) mass is 260 g/mol. The van der Waals surface area contributed by atoms with Crippen molar-refractivity contribution in [3.8, 4) is 5.75 Å². The molecule has 2 atom stereocenters. The van der Waals surface area contributed by atoms with Gasteiger partial charge in [0.05, 0.1) is 24.7 Å². The van der Waals surface area contributed by atoms with Crippen LogP contribution >= 0.6 is 11.6 Å². The molecule has 94 valence electrons. The number of carboxylic acids is 1. The minimum Gasteiger partial charge on any atom is -0.495 e. The van der Waals surface area contributed by atoms with Crippen LogP contribution < -0.4 is 4.74 Å². The number of benzene rings is 1. The van der Waals surface area contributed by atoms with E-state index in [-0.39, 0.29) is 5.02 Å². The number of rotatable bonds is 5. The predicted molar refractivity (Wildman–Crippen MR) is 61.2 cm³/mol. The fraction of sp³-hybridized carbons (Fsp3) is 0.364. The molecule has 6 heteroatoms. The zero-order chi connectivity index (χ0) is 13.0. The summed E-state index contributed by atoms with van der Waals surface area (Å²) in [6.07, 6.45) is -3.21. The first kappa shape index (κ1) is 13.8. The molecule has 5 nitrogen and oxygen atoms in total. The van der Waals surface area contributed by atoms with Crippen molar-refractivity contribution in [3.05, 3.63) is 28.8 Å². The van der Waals surface area contributed by atoms with Crippen molar-refractivity contribution >= 4 is 17.6 Å². The molecule has 0 aliphatic carbocycles. The molecular formula is C11H13ClO5. The van der Waals surface area contributed by atoms with Gasteiger partial charge in [-0.15, -0.1) is 0 Å². The van der Waals surface area contributed by atoms with Crippen molar-refractivity contribution in [2.45, 2.75) is 18.6 Å². The number of halogens is 1. The summed E-state index contributed by atoms with van der Waals surface area (Å²) in [6, 6.07) is 4.48. The van der Waals surface area contributed by atoms with Crippen LogP contribution in [-0.4, -0.2) is 34.5 Å². The van der Waals surface area contributed by atoms with Crippen LogP contribution in [0.15, 0.2) is 18.2 Å². The highest BCUT2D eigenvalue weighted by molar-refractivity contribution is 6.32. The number of hydrogen-bond donors (Lipinski definition) is 3. The number of aliphatic hydroxyl groups excluding tert-OH is 2. The lowest BCUT2D eigenvalue weighted by Gasteiger charge is -2.17. The van der Waals surface area contributed by atoms with E-state index in [0.29, 0.717) is 11.3 Å². The molecule has 0 aliphatic heterocycles. The van der Waals surface area contributed by atoms with E-state index in [1.54, 1.807) is 0 Å². The maximum Gasteiger partial charge on any atom is 0.306 e. The summed E-state index contributed by atoms with van der Waals surface area (Å²) in [5.41, 5.74) is 0.338. The zero-order valence-corrected chi connectivity index (χ0v) is 9.89. The summed E-state index contributed by atoms with van der Waals surface area (Å²) < 4.78 is 4.93. The minimum absolute atomic E-state index is 0.284. The highest BCUT2D eigenvalue weighted by atomic mass is 35.5. The number of aliphatic carboxylic acids is 1. The van der Waals surface area contributed by atoms with Gasteiger partial charge in [-0.05, 0) is 17.7 Å². The van der Waals surface area contributed by atoms with Crippen LogP contribution in [0, 0.1) is 0 Å². The fourth-order valence-corrected chi connectivity index (χ4v) is 1.65. The molecule has 0 saturated heterocycles. The first-order valence-corrected chi connectivity index (χ1v) is 5.25. The van der Waals surface area contributed by atoms with Gasteiger partial charge in [-0.3, -0.25) is 4.79 Å². The average molecular weight is 261 g/mol. The lowest BCUT2D eigenvalue weighted by atomic mass is 10.0. The molecule has 0 bridgehead atoms. The Morgan fingerprint density at radius 3 is 2.59 bits per heavy atom. The Hall–Kier alpha value is -1.30. The van der Waals surface area contributed by atoms with E-state index in [0.717, 1.165) is 0 Å². The third-order valence-corrected chi connectivity index (χ3v) is 2.56. The SMILES string of the molecule is COc1ccc(C(O)C(O)CC(=O)O)cc1Cl. The Labute approximate surface area is 103 Å². The number of ether oxygens (including phenoxy) is 1. The van der Waals surface area contributed by atoms with Crippen LogP contribution in [0.5, 0.6) is 5.75 Å². The molecule has 1 aromatic rings. The second kappa shape index (κ2) is 5.86. The maximum absolute atomic E-state index is 10.4. The van der Waals surface area contributed by atoms with Crippen molar-refractivity contribution in [1.29, 1.82) is 0 Å². The first-order valence-electron chi connectivity index (χ1n) is 4.87. The number of carbonyl (C=O) groups is 1. The summed E-state index contributed by atoms with van der Waals surface area (Å²) >= 11 is 5.85. The summed E-state index contributed by atoms with van der Waals surface area (Å²) in [7, 11) is 1.45. The molecule has 1 aromatic carbocycles. The molecule has 0 fully saturated rings. The Balaban J connectivity index is 2.85. The normalized spacial score (nSPS) is 14.1. The summed E-state index contributed by atoms with van der Waals surface area (Å²) in [5.74, 6) is -0.744. The smallest absolute Gasteiger partial charge is 0.306 e. The van der Waals surface area contributed by atoms with E-state index in [1.807, 2.05) is 0 Å². The number of carboxylic acid groups (broad SMARTS) is 1. The van der Waals surface area contributed by atoms with Gasteiger partial charge < -0.3 is 20.1 Å². The molecule has 0 saturated carbocycles. The Morgan fingerprint density at radius 1 is 1.47 bits per heavy atom. The molecule has 0 heterocycles. The van der Waals surface area contributed by atoms with Gasteiger partial charge >= 0.3 is 5.97 Å². The van der Waals surface area contributed by atoms with E-state index in [2.05, 4.69) is 0 Å². The van der Waals surface area contributed by atoms with Crippen LogP contribution in [0.3, 0.4) is 0 Å². The molecule has 3 N–H and O–H groups in total. The van der Waals surface area contributed by atoms with Crippen molar-refractivity contribution < 1.29 is 24.9 Å². The summed E-state index contributed by atoms with van der Waals surface area (Å²) in [6.45, 7) is 0. The first-order chi connectivity index (χ1) is 7.95. The van der Waals surface area contributed by atoms with Crippen LogP contribution in [0.1, 0.15) is 18.1 Å². The van der Waals surface area contributed by atoms with E-state index in [4.69, 9.17) is 21.4 Å². The quantitative estimate of drug-likeness (QED) is 0.741. The van der Waals surface area contributed by atoms with Crippen LogP contribution in [0.25, 0.3) is 0 Å². The van der Waals surface area contributed by atoms with Gasteiger partial charge in [0, 0.05) is 0 Å². The van der Waals surface area contributed by atoms with Crippen molar-refractivity contribution in [2.24, 2.45) is 0 Å². The topological polar surface area (TPSA) is 87.0 Å². The van der Waals surface area contributed by atoms with E-state index < -0.39 is 24.6 Å². The summed E-state index contributed by atoms with van der Waals surface area (Å²) in [5, 5.41) is 28.0. The third-order valence-electron chi connectivity index (χ3n) is 2.27. The molecule has 0 aromatic heterocycles. The van der Waals surface area contributed by atoms with E-state index >= 15 is 0 Å². The molecule has 0 radical (unpaired) electrons. The summed E-state index contributed by atoms with van der Waals surface area (Å²) in [4.78, 5) is 10.4. The molecule has 0 spiro atoms. The highest BCUT2D eigenvalue weighted by Gasteiger charge is 2.21. The standard InChI is InChI=1S/C11H13ClO5/c1-17-9-3-2-6(4-7(9)12)11(16)8(13)5-10(14)15/h2-4,8,11,13,16H,5H2,1H3,(H,14,15). The Bertz CT molecular complexity index is 407. The molecule has 1 rings (SSSR count). The third kappa shape index (κ3) is 3.59. The van der Waals surface area contributed by atoms with Crippen molar-refractivity contribution in [2.75, 3.05) is 7.11 Å². The second-order valence-corrected chi connectivity index (χ2v) is 3.91. The van der Waals surface area contributed by atoms with Crippen LogP contribution in [0.2, 0.25) is 5.02 Å². The minimum atomic E-state index is -1.38. The van der Waals surface area contributed by atoms with Gasteiger partial charge in [0.1, 0.15) is 11.9 Å². The molecule has 0 amide bonds. The molecule has 17 heavy (non-hydrogen) atoms. The lowest BCUT2D eigenvalue weighted by molar-refractivity contribution is -0.141. The zero-order valence-electron chi connectivity index (χ0n) is 9.13. The second-order valence-electron chi connectivity index (χ2n) is 3.50. The van der Waals surface area contributed by atoms with Crippen molar-refractivity contribution in [1.82, 2.24) is 0 Å². The van der Waals surface area contributed by atoms with Crippen LogP contribution in [-0.2, 0) is 4.79 Å². The van der Waals surface area contributed by atoms with Crippen LogP contribution in [0.4, 0.5) is 0 Å². The Morgan fingerprint density at radius 2 is 2.12 bits per heavy atom. The van der Waals surface area contributed by atoms with Gasteiger partial charge in [-0.1, -0.05) is 17.7 Å². The maximum atomic E-state index is 10.4. The van der Waals surface area contributed by atoms with Crippen molar-refractivity contribution in [3.63, 3.8) is 0 Å². The molecule has 0 aliphatic rings. The number of methoxy groups -OCH3 is 1.